The third kappa shape index (κ3) is 3.68. The Kier molecular flexibility index (Phi) is 6.60. The molecule has 0 unspecified atom stereocenters. The lowest BCUT2D eigenvalue weighted by molar-refractivity contribution is -0.385. The van der Waals surface area contributed by atoms with Crippen molar-refractivity contribution in [3.63, 3.8) is 0 Å². The molecule has 0 spiro atoms. The van der Waals surface area contributed by atoms with Gasteiger partial charge in [0.2, 0.25) is 0 Å². The summed E-state index contributed by atoms with van der Waals surface area (Å²) in [7, 11) is 1.28. The van der Waals surface area contributed by atoms with Gasteiger partial charge in [-0.25, -0.2) is 0 Å². The summed E-state index contributed by atoms with van der Waals surface area (Å²) in [4.78, 5) is 22.1. The van der Waals surface area contributed by atoms with Crippen molar-refractivity contribution in [1.29, 1.82) is 0 Å². The van der Waals surface area contributed by atoms with Crippen LogP contribution in [-0.4, -0.2) is 18.0 Å². The number of hydrogen-bond acceptors (Lipinski definition) is 5. The average molecular weight is 368 g/mol. The van der Waals surface area contributed by atoms with Crippen molar-refractivity contribution in [2.75, 3.05) is 7.11 Å². The molecule has 0 amide bonds. The number of ether oxygens (including phenoxy) is 1. The molecule has 1 atom stereocenters. The third-order valence-corrected chi connectivity index (χ3v) is 3.69. The van der Waals surface area contributed by atoms with Gasteiger partial charge in [-0.1, -0.05) is 6.07 Å². The van der Waals surface area contributed by atoms with Gasteiger partial charge in [-0.3, -0.25) is 14.9 Å². The average Bonchev–Trinajstić information content (AvgIpc) is 2.36. The van der Waals surface area contributed by atoms with Gasteiger partial charge < -0.3 is 10.5 Å². The standard InChI is InChI=1S/C12H15BrN2O4.ClH/c1-12(2,11(16)19-3)10(14)7-4-5-8(13)9(6-7)15(17)18;/h4-6,10H,14H2,1-3H3;1H/t10-;/m1./s1. The molecule has 1 aromatic rings. The zero-order valence-electron chi connectivity index (χ0n) is 11.3. The lowest BCUT2D eigenvalue weighted by atomic mass is 9.81. The molecular formula is C12H16BrClN2O4. The van der Waals surface area contributed by atoms with Gasteiger partial charge in [0, 0.05) is 12.1 Å². The molecule has 1 rings (SSSR count). The minimum atomic E-state index is -0.976. The quantitative estimate of drug-likeness (QED) is 0.501. The van der Waals surface area contributed by atoms with Gasteiger partial charge in [0.1, 0.15) is 0 Å². The van der Waals surface area contributed by atoms with Crippen molar-refractivity contribution in [3.8, 4) is 0 Å². The predicted octanol–water partition coefficient (Wildman–Crippen LogP) is 2.98. The van der Waals surface area contributed by atoms with Crippen LogP contribution >= 0.6 is 28.3 Å². The fourth-order valence-electron chi connectivity index (χ4n) is 1.67. The normalized spacial score (nSPS) is 12.2. The lowest BCUT2D eigenvalue weighted by Crippen LogP contribution is -2.37. The van der Waals surface area contributed by atoms with Crippen LogP contribution in [0.3, 0.4) is 0 Å². The number of rotatable bonds is 4. The van der Waals surface area contributed by atoms with E-state index in [1.54, 1.807) is 26.0 Å². The number of carbonyl (C=O) groups excluding carboxylic acids is 1. The second-order valence-corrected chi connectivity index (χ2v) is 5.51. The first-order valence-corrected chi connectivity index (χ1v) is 6.29. The molecule has 8 heteroatoms. The molecule has 0 aliphatic heterocycles. The summed E-state index contributed by atoms with van der Waals surface area (Å²) in [5.41, 5.74) is 5.47. The molecule has 112 valence electrons. The summed E-state index contributed by atoms with van der Waals surface area (Å²) >= 11 is 3.10. The maximum atomic E-state index is 11.7. The lowest BCUT2D eigenvalue weighted by Gasteiger charge is -2.28. The topological polar surface area (TPSA) is 95.5 Å². The van der Waals surface area contributed by atoms with Crippen molar-refractivity contribution < 1.29 is 14.5 Å². The Morgan fingerprint density at radius 2 is 2.05 bits per heavy atom. The summed E-state index contributed by atoms with van der Waals surface area (Å²) in [5.74, 6) is -0.467. The van der Waals surface area contributed by atoms with Crippen LogP contribution in [0.1, 0.15) is 25.5 Å². The van der Waals surface area contributed by atoms with E-state index in [-0.39, 0.29) is 18.1 Å². The number of nitrogens with two attached hydrogens (primary N) is 1. The Bertz CT molecular complexity index is 522. The second kappa shape index (κ2) is 7.01. The van der Waals surface area contributed by atoms with Crippen molar-refractivity contribution in [2.45, 2.75) is 19.9 Å². The molecule has 0 saturated carbocycles. The zero-order chi connectivity index (χ0) is 14.8. The van der Waals surface area contributed by atoms with Crippen LogP contribution in [0.25, 0.3) is 0 Å². The van der Waals surface area contributed by atoms with E-state index >= 15 is 0 Å². The van der Waals surface area contributed by atoms with E-state index in [2.05, 4.69) is 15.9 Å². The molecule has 0 aliphatic carbocycles. The predicted molar refractivity (Wildman–Crippen MR) is 80.8 cm³/mol. The fourth-order valence-corrected chi connectivity index (χ4v) is 2.06. The number of halogens is 2. The van der Waals surface area contributed by atoms with E-state index in [1.165, 1.54) is 13.2 Å². The minimum Gasteiger partial charge on any atom is -0.469 e. The minimum absolute atomic E-state index is 0. The summed E-state index contributed by atoms with van der Waals surface area (Å²) in [5, 5.41) is 10.9. The van der Waals surface area contributed by atoms with Crippen LogP contribution in [0.2, 0.25) is 0 Å². The molecular weight excluding hydrogens is 351 g/mol. The van der Waals surface area contributed by atoms with Crippen LogP contribution in [0.5, 0.6) is 0 Å². The monoisotopic (exact) mass is 366 g/mol. The van der Waals surface area contributed by atoms with E-state index in [1.807, 2.05) is 0 Å². The van der Waals surface area contributed by atoms with Crippen LogP contribution in [-0.2, 0) is 9.53 Å². The number of hydrogen-bond donors (Lipinski definition) is 1. The zero-order valence-corrected chi connectivity index (χ0v) is 13.7. The van der Waals surface area contributed by atoms with E-state index in [4.69, 9.17) is 10.5 Å². The van der Waals surface area contributed by atoms with Crippen LogP contribution in [0, 0.1) is 15.5 Å². The molecule has 6 nitrogen and oxygen atoms in total. The summed E-state index contributed by atoms with van der Waals surface area (Å²) in [6.07, 6.45) is 0. The van der Waals surface area contributed by atoms with Crippen LogP contribution in [0.15, 0.2) is 22.7 Å². The molecule has 0 fully saturated rings. The molecule has 0 saturated heterocycles. The molecule has 0 bridgehead atoms. The third-order valence-electron chi connectivity index (χ3n) is 3.02. The van der Waals surface area contributed by atoms with Crippen LogP contribution < -0.4 is 5.73 Å². The van der Waals surface area contributed by atoms with Gasteiger partial charge in [0.25, 0.3) is 5.69 Å². The van der Waals surface area contributed by atoms with Gasteiger partial charge in [0.05, 0.1) is 21.9 Å². The number of benzene rings is 1. The summed E-state index contributed by atoms with van der Waals surface area (Å²) in [6, 6.07) is 3.85. The Morgan fingerprint density at radius 3 is 2.50 bits per heavy atom. The molecule has 1 aromatic carbocycles. The number of carbonyl (C=O) groups is 1. The van der Waals surface area contributed by atoms with Gasteiger partial charge in [-0.2, -0.15) is 0 Å². The molecule has 20 heavy (non-hydrogen) atoms. The van der Waals surface area contributed by atoms with Gasteiger partial charge in [-0.15, -0.1) is 12.4 Å². The van der Waals surface area contributed by atoms with Crippen molar-refractivity contribution in [3.05, 3.63) is 38.3 Å². The number of nitro groups is 1. The second-order valence-electron chi connectivity index (χ2n) is 4.66. The summed E-state index contributed by atoms with van der Waals surface area (Å²) < 4.78 is 5.06. The van der Waals surface area contributed by atoms with E-state index < -0.39 is 22.3 Å². The number of nitro benzene ring substituents is 1. The number of methoxy groups -OCH3 is 1. The largest absolute Gasteiger partial charge is 0.469 e. The molecule has 0 heterocycles. The maximum absolute atomic E-state index is 11.7. The SMILES string of the molecule is COC(=O)C(C)(C)[C@H](N)c1ccc(Br)c([N+](=O)[O-])c1.Cl. The van der Waals surface area contributed by atoms with Gasteiger partial charge in [-0.05, 0) is 41.4 Å². The van der Waals surface area contributed by atoms with E-state index in [0.29, 0.717) is 10.0 Å². The maximum Gasteiger partial charge on any atom is 0.313 e. The molecule has 0 aromatic heterocycles. The first-order valence-electron chi connectivity index (χ1n) is 5.49. The smallest absolute Gasteiger partial charge is 0.313 e. The van der Waals surface area contributed by atoms with Crippen LogP contribution in [0.4, 0.5) is 5.69 Å². The van der Waals surface area contributed by atoms with Crippen molar-refractivity contribution in [1.82, 2.24) is 0 Å². The molecule has 0 aliphatic rings. The number of nitrogens with zero attached hydrogens (tertiary/aromatic N) is 1. The van der Waals surface area contributed by atoms with Gasteiger partial charge in [0.15, 0.2) is 0 Å². The highest BCUT2D eigenvalue weighted by atomic mass is 79.9. The highest BCUT2D eigenvalue weighted by molar-refractivity contribution is 9.10. The molecule has 2 N–H and O–H groups in total. The Labute approximate surface area is 131 Å². The van der Waals surface area contributed by atoms with Gasteiger partial charge >= 0.3 is 5.97 Å². The number of esters is 1. The summed E-state index contributed by atoms with van der Waals surface area (Å²) in [6.45, 7) is 3.27. The van der Waals surface area contributed by atoms with E-state index in [0.717, 1.165) is 0 Å². The molecule has 0 radical (unpaired) electrons. The Balaban J connectivity index is 0.00000361. The highest BCUT2D eigenvalue weighted by Crippen LogP contribution is 2.35. The Morgan fingerprint density at radius 1 is 1.50 bits per heavy atom. The van der Waals surface area contributed by atoms with E-state index in [9.17, 15) is 14.9 Å². The fraction of sp³-hybridized carbons (Fsp3) is 0.417. The Hall–Kier alpha value is -1.18. The van der Waals surface area contributed by atoms with Crippen molar-refractivity contribution >= 4 is 40.0 Å². The first kappa shape index (κ1) is 18.8. The first-order chi connectivity index (χ1) is 8.71. The van der Waals surface area contributed by atoms with Crippen molar-refractivity contribution in [2.24, 2.45) is 11.1 Å². The highest BCUT2D eigenvalue weighted by Gasteiger charge is 2.37.